The van der Waals surface area contributed by atoms with Gasteiger partial charge in [-0.1, -0.05) is 18.6 Å². The SMILES string of the molecule is C=CCCCCCc1ccc2c(n1)NCCC2.[HH]. The zero-order chi connectivity index (χ0) is 11.9. The third-order valence-corrected chi connectivity index (χ3v) is 3.29. The van der Waals surface area contributed by atoms with E-state index in [0.29, 0.717) is 0 Å². The topological polar surface area (TPSA) is 24.9 Å². The fraction of sp³-hybridized carbons (Fsp3) is 0.533. The molecule has 0 radical (unpaired) electrons. The minimum absolute atomic E-state index is 0. The minimum atomic E-state index is 0. The molecule has 2 heteroatoms. The zero-order valence-electron chi connectivity index (χ0n) is 10.5. The quantitative estimate of drug-likeness (QED) is 0.593. The molecule has 2 nitrogen and oxygen atoms in total. The van der Waals surface area contributed by atoms with Crippen LogP contribution in [0.5, 0.6) is 0 Å². The zero-order valence-corrected chi connectivity index (χ0v) is 10.5. The summed E-state index contributed by atoms with van der Waals surface area (Å²) >= 11 is 0. The van der Waals surface area contributed by atoms with Gasteiger partial charge in [0.2, 0.25) is 0 Å². The molecule has 0 aromatic carbocycles. The smallest absolute Gasteiger partial charge is 0.129 e. The highest BCUT2D eigenvalue weighted by atomic mass is 15.0. The Hall–Kier alpha value is -1.31. The predicted molar refractivity (Wildman–Crippen MR) is 75.5 cm³/mol. The molecular weight excluding hydrogens is 208 g/mol. The fourth-order valence-electron chi connectivity index (χ4n) is 2.28. The number of fused-ring (bicyclic) bond motifs is 1. The molecule has 1 aliphatic heterocycles. The lowest BCUT2D eigenvalue weighted by Gasteiger charge is -2.17. The van der Waals surface area contributed by atoms with Crippen molar-refractivity contribution in [2.24, 2.45) is 0 Å². The lowest BCUT2D eigenvalue weighted by atomic mass is 10.1. The summed E-state index contributed by atoms with van der Waals surface area (Å²) in [5.41, 5.74) is 2.61. The molecule has 0 saturated carbocycles. The molecule has 94 valence electrons. The standard InChI is InChI=1S/C15H22N2.H2/c1-2-3-4-5-6-9-14-11-10-13-8-7-12-16-15(13)17-14;/h2,10-11H,1,3-9,12H2,(H,16,17);1H. The number of hydrogen-bond acceptors (Lipinski definition) is 2. The number of nitrogens with one attached hydrogen (secondary N) is 1. The molecule has 1 aromatic heterocycles. The van der Waals surface area contributed by atoms with Gasteiger partial charge in [0.1, 0.15) is 5.82 Å². The average molecular weight is 232 g/mol. The van der Waals surface area contributed by atoms with Gasteiger partial charge in [0.25, 0.3) is 0 Å². The molecular formula is C15H24N2. The Morgan fingerprint density at radius 1 is 1.35 bits per heavy atom. The molecule has 0 saturated heterocycles. The van der Waals surface area contributed by atoms with Gasteiger partial charge in [0.05, 0.1) is 0 Å². The van der Waals surface area contributed by atoms with Crippen molar-refractivity contribution in [3.05, 3.63) is 36.0 Å². The maximum absolute atomic E-state index is 4.70. The maximum Gasteiger partial charge on any atom is 0.129 e. The Bertz CT molecular complexity index is 377. The Kier molecular flexibility index (Phi) is 4.60. The molecule has 1 N–H and O–H groups in total. The number of aryl methyl sites for hydroxylation is 2. The summed E-state index contributed by atoms with van der Waals surface area (Å²) in [5, 5.41) is 3.39. The summed E-state index contributed by atoms with van der Waals surface area (Å²) < 4.78 is 0. The molecule has 0 bridgehead atoms. The van der Waals surface area contributed by atoms with E-state index in [1.807, 2.05) is 6.08 Å². The van der Waals surface area contributed by atoms with Gasteiger partial charge in [0.15, 0.2) is 0 Å². The normalized spacial score (nSPS) is 13.9. The molecule has 0 aliphatic carbocycles. The van der Waals surface area contributed by atoms with E-state index in [0.717, 1.165) is 25.2 Å². The van der Waals surface area contributed by atoms with Crippen molar-refractivity contribution < 1.29 is 1.43 Å². The van der Waals surface area contributed by atoms with Crippen molar-refractivity contribution in [2.45, 2.75) is 44.9 Å². The van der Waals surface area contributed by atoms with Crippen LogP contribution in [0, 0.1) is 0 Å². The molecule has 2 heterocycles. The van der Waals surface area contributed by atoms with Crippen LogP contribution in [-0.2, 0) is 12.8 Å². The average Bonchev–Trinajstić information content (AvgIpc) is 2.38. The first-order chi connectivity index (χ1) is 8.40. The molecule has 2 rings (SSSR count). The summed E-state index contributed by atoms with van der Waals surface area (Å²) in [7, 11) is 0. The van der Waals surface area contributed by atoms with Crippen LogP contribution in [0.15, 0.2) is 24.8 Å². The Morgan fingerprint density at radius 3 is 3.18 bits per heavy atom. The number of aromatic nitrogens is 1. The van der Waals surface area contributed by atoms with Gasteiger partial charge < -0.3 is 5.32 Å². The molecule has 1 aromatic rings. The number of allylic oxidation sites excluding steroid dienone is 1. The van der Waals surface area contributed by atoms with Crippen molar-refractivity contribution in [3.8, 4) is 0 Å². The number of nitrogens with zero attached hydrogens (tertiary/aromatic N) is 1. The first-order valence-electron chi connectivity index (χ1n) is 6.74. The number of pyridine rings is 1. The Labute approximate surface area is 106 Å². The van der Waals surface area contributed by atoms with Gasteiger partial charge in [-0.3, -0.25) is 0 Å². The molecule has 1 aliphatic rings. The second-order valence-corrected chi connectivity index (χ2v) is 4.73. The van der Waals surface area contributed by atoms with Crippen LogP contribution in [0.2, 0.25) is 0 Å². The van der Waals surface area contributed by atoms with E-state index in [9.17, 15) is 0 Å². The third kappa shape index (κ3) is 3.58. The van der Waals surface area contributed by atoms with Crippen molar-refractivity contribution in [3.63, 3.8) is 0 Å². The van der Waals surface area contributed by atoms with Gasteiger partial charge in [-0.25, -0.2) is 4.98 Å². The van der Waals surface area contributed by atoms with Crippen LogP contribution >= 0.6 is 0 Å². The Morgan fingerprint density at radius 2 is 2.29 bits per heavy atom. The molecule has 0 spiro atoms. The molecule has 17 heavy (non-hydrogen) atoms. The van der Waals surface area contributed by atoms with E-state index in [4.69, 9.17) is 4.98 Å². The monoisotopic (exact) mass is 232 g/mol. The highest BCUT2D eigenvalue weighted by Crippen LogP contribution is 2.20. The van der Waals surface area contributed by atoms with Gasteiger partial charge in [-0.15, -0.1) is 6.58 Å². The second-order valence-electron chi connectivity index (χ2n) is 4.73. The number of hydrogen-bond donors (Lipinski definition) is 1. The van der Waals surface area contributed by atoms with Crippen LogP contribution < -0.4 is 5.32 Å². The van der Waals surface area contributed by atoms with E-state index < -0.39 is 0 Å². The van der Waals surface area contributed by atoms with Gasteiger partial charge in [-0.05, 0) is 50.2 Å². The van der Waals surface area contributed by atoms with Crippen LogP contribution in [0.4, 0.5) is 5.82 Å². The first-order valence-corrected chi connectivity index (χ1v) is 6.74. The number of unbranched alkanes of at least 4 members (excludes halogenated alkanes) is 3. The lowest BCUT2D eigenvalue weighted by Crippen LogP contribution is -2.13. The maximum atomic E-state index is 4.70. The summed E-state index contributed by atoms with van der Waals surface area (Å²) in [6.07, 6.45) is 10.4. The van der Waals surface area contributed by atoms with Crippen LogP contribution in [0.25, 0.3) is 0 Å². The summed E-state index contributed by atoms with van der Waals surface area (Å²) in [6, 6.07) is 4.44. The highest BCUT2D eigenvalue weighted by molar-refractivity contribution is 5.46. The first kappa shape index (κ1) is 12.2. The van der Waals surface area contributed by atoms with E-state index >= 15 is 0 Å². The molecule has 0 fully saturated rings. The number of rotatable bonds is 6. The van der Waals surface area contributed by atoms with Gasteiger partial charge >= 0.3 is 0 Å². The summed E-state index contributed by atoms with van der Waals surface area (Å²) in [5.74, 6) is 1.12. The van der Waals surface area contributed by atoms with E-state index in [-0.39, 0.29) is 1.43 Å². The molecule has 0 amide bonds. The molecule has 0 atom stereocenters. The number of anilines is 1. The van der Waals surface area contributed by atoms with E-state index in [1.54, 1.807) is 0 Å². The van der Waals surface area contributed by atoms with Crippen molar-refractivity contribution >= 4 is 5.82 Å². The fourth-order valence-corrected chi connectivity index (χ4v) is 2.28. The van der Waals surface area contributed by atoms with Crippen molar-refractivity contribution in [2.75, 3.05) is 11.9 Å². The van der Waals surface area contributed by atoms with Crippen LogP contribution in [0.1, 0.15) is 44.8 Å². The highest BCUT2D eigenvalue weighted by Gasteiger charge is 2.09. The Balaban J connectivity index is 0.00000162. The molecule has 0 unspecified atom stereocenters. The van der Waals surface area contributed by atoms with Gasteiger partial charge in [-0.2, -0.15) is 0 Å². The summed E-state index contributed by atoms with van der Waals surface area (Å²) in [6.45, 7) is 4.82. The van der Waals surface area contributed by atoms with E-state index in [2.05, 4.69) is 24.0 Å². The summed E-state index contributed by atoms with van der Waals surface area (Å²) in [4.78, 5) is 4.70. The predicted octanol–water partition coefficient (Wildman–Crippen LogP) is 3.97. The minimum Gasteiger partial charge on any atom is -0.370 e. The van der Waals surface area contributed by atoms with Crippen molar-refractivity contribution in [1.82, 2.24) is 4.98 Å². The second kappa shape index (κ2) is 6.43. The van der Waals surface area contributed by atoms with Crippen LogP contribution in [0.3, 0.4) is 0 Å². The van der Waals surface area contributed by atoms with E-state index in [1.165, 1.54) is 43.4 Å². The van der Waals surface area contributed by atoms with Crippen molar-refractivity contribution in [1.29, 1.82) is 0 Å². The van der Waals surface area contributed by atoms with Crippen LogP contribution in [-0.4, -0.2) is 11.5 Å². The van der Waals surface area contributed by atoms with Gasteiger partial charge in [0, 0.05) is 13.7 Å². The largest absolute Gasteiger partial charge is 0.370 e. The third-order valence-electron chi connectivity index (χ3n) is 3.29. The lowest BCUT2D eigenvalue weighted by molar-refractivity contribution is 0.678.